The number of esters is 1. The van der Waals surface area contributed by atoms with E-state index in [0.717, 1.165) is 0 Å². The maximum atomic E-state index is 13.0. The summed E-state index contributed by atoms with van der Waals surface area (Å²) in [7, 11) is 0. The lowest BCUT2D eigenvalue weighted by molar-refractivity contribution is -0.147. The van der Waals surface area contributed by atoms with Gasteiger partial charge < -0.3 is 15.4 Å². The number of fused-ring (bicyclic) bond motifs is 2. The number of ketones is 2. The van der Waals surface area contributed by atoms with Gasteiger partial charge >= 0.3 is 5.97 Å². The summed E-state index contributed by atoms with van der Waals surface area (Å²) in [4.78, 5) is 61.8. The average molecular weight is 462 g/mol. The van der Waals surface area contributed by atoms with Gasteiger partial charge in [0.1, 0.15) is 0 Å². The van der Waals surface area contributed by atoms with Gasteiger partial charge in [0.25, 0.3) is 11.8 Å². The third kappa shape index (κ3) is 4.73. The summed E-state index contributed by atoms with van der Waals surface area (Å²) >= 11 is 1.39. The fourth-order valence-electron chi connectivity index (χ4n) is 3.43. The molecule has 1 aliphatic carbocycles. The Kier molecular flexibility index (Phi) is 6.41. The highest BCUT2D eigenvalue weighted by molar-refractivity contribution is 7.08. The summed E-state index contributed by atoms with van der Waals surface area (Å²) < 4.78 is 4.94. The highest BCUT2D eigenvalue weighted by Crippen LogP contribution is 2.31. The molecule has 2 aromatic carbocycles. The van der Waals surface area contributed by atoms with Crippen LogP contribution in [-0.4, -0.2) is 42.5 Å². The van der Waals surface area contributed by atoms with Crippen molar-refractivity contribution in [2.45, 2.75) is 6.42 Å². The molecule has 0 saturated heterocycles. The Balaban J connectivity index is 1.33. The average Bonchev–Trinajstić information content (AvgIpc) is 3.36. The standard InChI is InChI=1S/C24H18N2O6S/c27-19(12-32-20(28)8-10-25-24(31)14-9-11-33-13-14)26-18-7-3-6-17-21(18)23(30)16-5-2-1-4-15(16)22(17)29/h1-7,9,11,13H,8,10,12H2,(H,25,31)(H,26,27). The second-order valence-corrected chi connectivity index (χ2v) is 7.94. The van der Waals surface area contributed by atoms with Crippen molar-refractivity contribution in [3.63, 3.8) is 0 Å². The van der Waals surface area contributed by atoms with Gasteiger partial charge in [-0.2, -0.15) is 11.3 Å². The zero-order chi connectivity index (χ0) is 23.4. The van der Waals surface area contributed by atoms with Gasteiger partial charge in [0.2, 0.25) is 0 Å². The minimum atomic E-state index is -0.661. The molecule has 0 bridgehead atoms. The second kappa shape index (κ2) is 9.58. The van der Waals surface area contributed by atoms with E-state index in [1.807, 2.05) is 0 Å². The Labute approximate surface area is 192 Å². The van der Waals surface area contributed by atoms with E-state index in [1.165, 1.54) is 23.5 Å². The number of thiophene rings is 1. The molecule has 1 heterocycles. The van der Waals surface area contributed by atoms with Crippen molar-refractivity contribution in [3.8, 4) is 0 Å². The van der Waals surface area contributed by atoms with Gasteiger partial charge in [-0.05, 0) is 17.5 Å². The highest BCUT2D eigenvalue weighted by atomic mass is 32.1. The maximum absolute atomic E-state index is 13.0. The molecule has 8 nitrogen and oxygen atoms in total. The number of carbonyl (C=O) groups is 5. The van der Waals surface area contributed by atoms with Crippen LogP contribution in [0.15, 0.2) is 59.3 Å². The molecule has 2 amide bonds. The molecule has 0 fully saturated rings. The van der Waals surface area contributed by atoms with Crippen molar-refractivity contribution < 1.29 is 28.7 Å². The maximum Gasteiger partial charge on any atom is 0.308 e. The molecule has 1 aromatic heterocycles. The van der Waals surface area contributed by atoms with E-state index in [9.17, 15) is 24.0 Å². The molecule has 0 spiro atoms. The fourth-order valence-corrected chi connectivity index (χ4v) is 4.06. The Morgan fingerprint density at radius 2 is 1.61 bits per heavy atom. The van der Waals surface area contributed by atoms with Crippen molar-refractivity contribution >= 4 is 46.4 Å². The van der Waals surface area contributed by atoms with Gasteiger partial charge in [-0.1, -0.05) is 36.4 Å². The molecule has 0 radical (unpaired) electrons. The van der Waals surface area contributed by atoms with Crippen molar-refractivity contribution in [1.29, 1.82) is 0 Å². The lowest BCUT2D eigenvalue weighted by Gasteiger charge is -2.20. The van der Waals surface area contributed by atoms with E-state index < -0.39 is 18.5 Å². The summed E-state index contributed by atoms with van der Waals surface area (Å²) in [6.45, 7) is -0.503. The van der Waals surface area contributed by atoms with Gasteiger partial charge in [-0.25, -0.2) is 0 Å². The number of carbonyl (C=O) groups excluding carboxylic acids is 5. The third-order valence-electron chi connectivity index (χ3n) is 4.99. The van der Waals surface area contributed by atoms with Crippen LogP contribution in [0.5, 0.6) is 0 Å². The number of nitrogens with one attached hydrogen (secondary N) is 2. The summed E-state index contributed by atoms with van der Waals surface area (Å²) in [5.74, 6) is -2.28. The number of ether oxygens (including phenoxy) is 1. The zero-order valence-corrected chi connectivity index (χ0v) is 18.1. The smallest absolute Gasteiger partial charge is 0.308 e. The van der Waals surface area contributed by atoms with Gasteiger partial charge in [0, 0.05) is 34.2 Å². The quantitative estimate of drug-likeness (QED) is 0.408. The Hall–Kier alpha value is -4.11. The number of rotatable bonds is 7. The number of amides is 2. The fraction of sp³-hybridized carbons (Fsp3) is 0.125. The van der Waals surface area contributed by atoms with Crippen molar-refractivity contribution in [1.82, 2.24) is 5.32 Å². The molecular formula is C24H18N2O6S. The molecule has 4 rings (SSSR count). The van der Waals surface area contributed by atoms with Crippen LogP contribution < -0.4 is 10.6 Å². The number of anilines is 1. The highest BCUT2D eigenvalue weighted by Gasteiger charge is 2.31. The summed E-state index contributed by atoms with van der Waals surface area (Å²) in [5.41, 5.74) is 1.58. The molecule has 3 aromatic rings. The first-order chi connectivity index (χ1) is 16.0. The molecule has 33 heavy (non-hydrogen) atoms. The minimum Gasteiger partial charge on any atom is -0.456 e. The largest absolute Gasteiger partial charge is 0.456 e. The van der Waals surface area contributed by atoms with E-state index in [1.54, 1.807) is 47.2 Å². The van der Waals surface area contributed by atoms with Crippen LogP contribution in [0.25, 0.3) is 0 Å². The molecule has 9 heteroatoms. The van der Waals surface area contributed by atoms with Crippen LogP contribution in [-0.2, 0) is 14.3 Å². The Morgan fingerprint density at radius 3 is 2.33 bits per heavy atom. The van der Waals surface area contributed by atoms with E-state index in [0.29, 0.717) is 11.1 Å². The molecule has 0 aliphatic heterocycles. The third-order valence-corrected chi connectivity index (χ3v) is 5.67. The summed E-state index contributed by atoms with van der Waals surface area (Å²) in [6.07, 6.45) is -0.104. The molecule has 1 aliphatic rings. The molecule has 0 unspecified atom stereocenters. The topological polar surface area (TPSA) is 119 Å². The predicted octanol–water partition coefficient (Wildman–Crippen LogP) is 2.83. The lowest BCUT2D eigenvalue weighted by Crippen LogP contribution is -2.28. The molecule has 0 atom stereocenters. The van der Waals surface area contributed by atoms with Crippen LogP contribution in [0, 0.1) is 0 Å². The van der Waals surface area contributed by atoms with Crippen molar-refractivity contribution in [3.05, 3.63) is 87.1 Å². The normalized spacial score (nSPS) is 11.9. The first-order valence-electron chi connectivity index (χ1n) is 10.0. The lowest BCUT2D eigenvalue weighted by atomic mass is 9.83. The molecule has 2 N–H and O–H groups in total. The Morgan fingerprint density at radius 1 is 0.879 bits per heavy atom. The predicted molar refractivity (Wildman–Crippen MR) is 121 cm³/mol. The number of hydrogen-bond acceptors (Lipinski definition) is 7. The SMILES string of the molecule is O=C(COC(=O)CCNC(=O)c1ccsc1)Nc1cccc2c1C(=O)c1ccccc1C2=O. The van der Waals surface area contributed by atoms with Gasteiger partial charge in [0.05, 0.1) is 17.7 Å². The summed E-state index contributed by atoms with van der Waals surface area (Å²) in [6, 6.07) is 12.8. The first kappa shape index (κ1) is 22.1. The summed E-state index contributed by atoms with van der Waals surface area (Å²) in [5, 5.41) is 8.60. The Bertz CT molecular complexity index is 1270. The van der Waals surface area contributed by atoms with E-state index in [4.69, 9.17) is 4.74 Å². The van der Waals surface area contributed by atoms with Gasteiger partial charge in [-0.3, -0.25) is 24.0 Å². The molecule has 166 valence electrons. The van der Waals surface area contributed by atoms with E-state index in [-0.39, 0.29) is 52.8 Å². The van der Waals surface area contributed by atoms with Crippen LogP contribution >= 0.6 is 11.3 Å². The van der Waals surface area contributed by atoms with Crippen LogP contribution in [0.2, 0.25) is 0 Å². The van der Waals surface area contributed by atoms with Gasteiger partial charge in [0.15, 0.2) is 18.2 Å². The number of hydrogen-bond donors (Lipinski definition) is 2. The second-order valence-electron chi connectivity index (χ2n) is 7.16. The van der Waals surface area contributed by atoms with Crippen molar-refractivity contribution in [2.75, 3.05) is 18.5 Å². The van der Waals surface area contributed by atoms with Crippen LogP contribution in [0.4, 0.5) is 5.69 Å². The monoisotopic (exact) mass is 462 g/mol. The van der Waals surface area contributed by atoms with Crippen LogP contribution in [0.3, 0.4) is 0 Å². The molecule has 0 saturated carbocycles. The molecular weight excluding hydrogens is 444 g/mol. The van der Waals surface area contributed by atoms with Crippen LogP contribution in [0.1, 0.15) is 48.6 Å². The van der Waals surface area contributed by atoms with E-state index in [2.05, 4.69) is 10.6 Å². The van der Waals surface area contributed by atoms with Crippen molar-refractivity contribution in [2.24, 2.45) is 0 Å². The van der Waals surface area contributed by atoms with Gasteiger partial charge in [-0.15, -0.1) is 0 Å². The van der Waals surface area contributed by atoms with E-state index >= 15 is 0 Å². The number of benzene rings is 2. The first-order valence-corrected chi connectivity index (χ1v) is 11.0. The zero-order valence-electron chi connectivity index (χ0n) is 17.3. The minimum absolute atomic E-state index is 0.0668.